The highest BCUT2D eigenvalue weighted by Gasteiger charge is 2.35. The molecule has 1 aliphatic heterocycles. The Hall–Kier alpha value is -3.48. The summed E-state index contributed by atoms with van der Waals surface area (Å²) in [5.74, 6) is 1.68. The molecule has 7 heteroatoms. The van der Waals surface area contributed by atoms with Crippen molar-refractivity contribution < 1.29 is 9.32 Å². The second kappa shape index (κ2) is 6.30. The standard InChI is InChI=1S/C21H19N5O2/c1-12-20(13(2)28-25-12)14-5-6-16-17(10-14)24-21(23-16)18-7-8-19(27)26(18)15-4-3-9-22-11-15/h3-6,9-11,18H,7-8H2,1-2H3,(H,23,24)/t18-/m0/s1. The number of fused-ring (bicyclic) bond motifs is 1. The molecule has 7 nitrogen and oxygen atoms in total. The topological polar surface area (TPSA) is 87.9 Å². The molecule has 0 unspecified atom stereocenters. The van der Waals surface area contributed by atoms with Crippen LogP contribution in [0.25, 0.3) is 22.2 Å². The van der Waals surface area contributed by atoms with Gasteiger partial charge in [-0.1, -0.05) is 11.2 Å². The quantitative estimate of drug-likeness (QED) is 0.584. The number of nitrogens with one attached hydrogen (secondary N) is 1. The largest absolute Gasteiger partial charge is 0.361 e. The summed E-state index contributed by atoms with van der Waals surface area (Å²) >= 11 is 0. The third-order valence-electron chi connectivity index (χ3n) is 5.27. The zero-order valence-corrected chi connectivity index (χ0v) is 15.6. The number of amides is 1. The van der Waals surface area contributed by atoms with Crippen LogP contribution in [-0.2, 0) is 4.79 Å². The molecule has 0 bridgehead atoms. The molecule has 3 aromatic heterocycles. The Morgan fingerprint density at radius 2 is 2.14 bits per heavy atom. The number of carbonyl (C=O) groups is 1. The number of pyridine rings is 1. The van der Waals surface area contributed by atoms with Gasteiger partial charge >= 0.3 is 0 Å². The van der Waals surface area contributed by atoms with E-state index >= 15 is 0 Å². The molecule has 4 aromatic rings. The summed E-state index contributed by atoms with van der Waals surface area (Å²) in [6, 6.07) is 9.70. The Morgan fingerprint density at radius 1 is 1.25 bits per heavy atom. The van der Waals surface area contributed by atoms with Crippen molar-refractivity contribution >= 4 is 22.6 Å². The summed E-state index contributed by atoms with van der Waals surface area (Å²) < 4.78 is 5.30. The average Bonchev–Trinajstić information content (AvgIpc) is 3.38. The van der Waals surface area contributed by atoms with Crippen LogP contribution in [0.4, 0.5) is 5.69 Å². The predicted octanol–water partition coefficient (Wildman–Crippen LogP) is 4.10. The second-order valence-electron chi connectivity index (χ2n) is 7.08. The zero-order chi connectivity index (χ0) is 19.3. The molecule has 1 amide bonds. The lowest BCUT2D eigenvalue weighted by Crippen LogP contribution is -2.27. The molecule has 140 valence electrons. The minimum Gasteiger partial charge on any atom is -0.361 e. The second-order valence-corrected chi connectivity index (χ2v) is 7.08. The fourth-order valence-corrected chi connectivity index (χ4v) is 4.00. The zero-order valence-electron chi connectivity index (χ0n) is 15.6. The number of H-pyrrole nitrogens is 1. The van der Waals surface area contributed by atoms with Gasteiger partial charge in [-0.05, 0) is 50.1 Å². The SMILES string of the molecule is Cc1noc(C)c1-c1ccc2nc([C@@H]3CCC(=O)N3c3cccnc3)[nH]c2c1. The van der Waals surface area contributed by atoms with E-state index in [2.05, 4.69) is 21.2 Å². The summed E-state index contributed by atoms with van der Waals surface area (Å²) in [7, 11) is 0. The first-order chi connectivity index (χ1) is 13.6. The van der Waals surface area contributed by atoms with Crippen LogP contribution in [0.15, 0.2) is 47.2 Å². The van der Waals surface area contributed by atoms with Crippen molar-refractivity contribution in [1.29, 1.82) is 0 Å². The van der Waals surface area contributed by atoms with Gasteiger partial charge in [-0.25, -0.2) is 4.98 Å². The molecule has 1 N–H and O–H groups in total. The van der Waals surface area contributed by atoms with Gasteiger partial charge in [-0.15, -0.1) is 0 Å². The van der Waals surface area contributed by atoms with Gasteiger partial charge in [-0.2, -0.15) is 0 Å². The van der Waals surface area contributed by atoms with E-state index in [1.165, 1.54) is 0 Å². The molecule has 1 fully saturated rings. The van der Waals surface area contributed by atoms with E-state index in [1.54, 1.807) is 17.3 Å². The highest BCUT2D eigenvalue weighted by molar-refractivity contribution is 5.96. The van der Waals surface area contributed by atoms with Crippen molar-refractivity contribution in [3.8, 4) is 11.1 Å². The minimum absolute atomic E-state index is 0.0925. The summed E-state index contributed by atoms with van der Waals surface area (Å²) in [6.45, 7) is 3.85. The van der Waals surface area contributed by atoms with Crippen LogP contribution >= 0.6 is 0 Å². The first kappa shape index (κ1) is 16.7. The van der Waals surface area contributed by atoms with E-state index in [0.717, 1.165) is 51.5 Å². The Labute approximate surface area is 161 Å². The molecule has 5 rings (SSSR count). The molecule has 1 aliphatic rings. The molecule has 1 saturated heterocycles. The number of rotatable bonds is 3. The lowest BCUT2D eigenvalue weighted by molar-refractivity contribution is -0.117. The minimum atomic E-state index is -0.119. The number of benzene rings is 1. The maximum Gasteiger partial charge on any atom is 0.227 e. The molecule has 0 spiro atoms. The molecule has 28 heavy (non-hydrogen) atoms. The molecule has 1 aromatic carbocycles. The van der Waals surface area contributed by atoms with Crippen LogP contribution in [0.2, 0.25) is 0 Å². The molecule has 0 saturated carbocycles. The van der Waals surface area contributed by atoms with Crippen LogP contribution in [0.3, 0.4) is 0 Å². The summed E-state index contributed by atoms with van der Waals surface area (Å²) in [5, 5.41) is 4.04. The molecule has 0 aliphatic carbocycles. The Morgan fingerprint density at radius 3 is 2.89 bits per heavy atom. The normalized spacial score (nSPS) is 17.0. The van der Waals surface area contributed by atoms with Crippen molar-refractivity contribution in [3.05, 3.63) is 60.0 Å². The average molecular weight is 373 g/mol. The van der Waals surface area contributed by atoms with E-state index < -0.39 is 0 Å². The number of anilines is 1. The van der Waals surface area contributed by atoms with Crippen molar-refractivity contribution in [2.75, 3.05) is 4.90 Å². The number of aromatic nitrogens is 4. The Bertz CT molecular complexity index is 1160. The summed E-state index contributed by atoms with van der Waals surface area (Å²) in [4.78, 5) is 26.6. The van der Waals surface area contributed by atoms with E-state index in [1.807, 2.05) is 38.1 Å². The van der Waals surface area contributed by atoms with Crippen molar-refractivity contribution in [1.82, 2.24) is 20.1 Å². The van der Waals surface area contributed by atoms with Gasteiger partial charge in [0.1, 0.15) is 11.6 Å². The van der Waals surface area contributed by atoms with E-state index in [4.69, 9.17) is 9.51 Å². The first-order valence-electron chi connectivity index (χ1n) is 9.27. The number of aryl methyl sites for hydroxylation is 2. The monoisotopic (exact) mass is 373 g/mol. The number of hydrogen-bond donors (Lipinski definition) is 1. The summed E-state index contributed by atoms with van der Waals surface area (Å²) in [6.07, 6.45) is 4.65. The maximum atomic E-state index is 12.5. The van der Waals surface area contributed by atoms with Gasteiger partial charge in [0.15, 0.2) is 0 Å². The fourth-order valence-electron chi connectivity index (χ4n) is 4.00. The van der Waals surface area contributed by atoms with Crippen LogP contribution in [0.1, 0.15) is 36.2 Å². The smallest absolute Gasteiger partial charge is 0.227 e. The first-order valence-corrected chi connectivity index (χ1v) is 9.27. The van der Waals surface area contributed by atoms with E-state index in [9.17, 15) is 4.79 Å². The van der Waals surface area contributed by atoms with Crippen molar-refractivity contribution in [2.45, 2.75) is 32.7 Å². The Balaban J connectivity index is 1.56. The van der Waals surface area contributed by atoms with Gasteiger partial charge < -0.3 is 14.4 Å². The van der Waals surface area contributed by atoms with Gasteiger partial charge in [-0.3, -0.25) is 9.78 Å². The molecular weight excluding hydrogens is 354 g/mol. The molecular formula is C21H19N5O2. The lowest BCUT2D eigenvalue weighted by atomic mass is 10.0. The van der Waals surface area contributed by atoms with E-state index in [-0.39, 0.29) is 11.9 Å². The van der Waals surface area contributed by atoms with Gasteiger partial charge in [0.2, 0.25) is 5.91 Å². The lowest BCUT2D eigenvalue weighted by Gasteiger charge is -2.22. The van der Waals surface area contributed by atoms with Crippen LogP contribution in [-0.4, -0.2) is 26.0 Å². The number of carbonyl (C=O) groups excluding carboxylic acids is 1. The Kier molecular flexibility index (Phi) is 3.75. The fraction of sp³-hybridized carbons (Fsp3) is 0.238. The highest BCUT2D eigenvalue weighted by Crippen LogP contribution is 2.37. The van der Waals surface area contributed by atoms with Crippen molar-refractivity contribution in [3.63, 3.8) is 0 Å². The number of nitrogens with zero attached hydrogens (tertiary/aromatic N) is 4. The number of hydrogen-bond acceptors (Lipinski definition) is 5. The van der Waals surface area contributed by atoms with Crippen LogP contribution < -0.4 is 4.90 Å². The molecule has 1 atom stereocenters. The maximum absolute atomic E-state index is 12.5. The van der Waals surface area contributed by atoms with Crippen LogP contribution in [0, 0.1) is 13.8 Å². The van der Waals surface area contributed by atoms with Gasteiger partial charge in [0, 0.05) is 18.2 Å². The van der Waals surface area contributed by atoms with Crippen LogP contribution in [0.5, 0.6) is 0 Å². The predicted molar refractivity (Wildman–Crippen MR) is 105 cm³/mol. The summed E-state index contributed by atoms with van der Waals surface area (Å²) in [5.41, 5.74) is 5.50. The van der Waals surface area contributed by atoms with Gasteiger partial charge in [0.05, 0.1) is 34.7 Å². The molecule has 0 radical (unpaired) electrons. The van der Waals surface area contributed by atoms with Crippen molar-refractivity contribution in [2.24, 2.45) is 0 Å². The highest BCUT2D eigenvalue weighted by atomic mass is 16.5. The number of imidazole rings is 1. The third kappa shape index (κ3) is 2.58. The third-order valence-corrected chi connectivity index (χ3v) is 5.27. The molecule has 4 heterocycles. The van der Waals surface area contributed by atoms with E-state index in [0.29, 0.717) is 6.42 Å². The van der Waals surface area contributed by atoms with Gasteiger partial charge in [0.25, 0.3) is 0 Å². The number of aromatic amines is 1.